The molecule has 0 aliphatic rings. The van der Waals surface area contributed by atoms with Crippen molar-refractivity contribution in [3.05, 3.63) is 68.2 Å². The highest BCUT2D eigenvalue weighted by atomic mass is 79.9. The Hall–Kier alpha value is -2.39. The number of nitriles is 1. The Morgan fingerprint density at radius 1 is 1.30 bits per heavy atom. The maximum absolute atomic E-state index is 11.0. The fraction of sp³-hybridized carbons (Fsp3) is 0.0714. The minimum Gasteiger partial charge on any atom is -0.482 e. The lowest BCUT2D eigenvalue weighted by Gasteiger charge is -2.07. The van der Waals surface area contributed by atoms with Gasteiger partial charge in [0.05, 0.1) is 16.6 Å². The van der Waals surface area contributed by atoms with Gasteiger partial charge in [0, 0.05) is 10.5 Å². The van der Waals surface area contributed by atoms with E-state index >= 15 is 0 Å². The van der Waals surface area contributed by atoms with Gasteiger partial charge >= 0.3 is 5.69 Å². The molecule has 0 atom stereocenters. The minimum atomic E-state index is -0.558. The highest BCUT2D eigenvalue weighted by molar-refractivity contribution is 9.10. The van der Waals surface area contributed by atoms with Crippen molar-refractivity contribution in [1.29, 1.82) is 5.26 Å². The van der Waals surface area contributed by atoms with E-state index in [4.69, 9.17) is 10.00 Å². The number of hydrogen-bond acceptors (Lipinski definition) is 4. The van der Waals surface area contributed by atoms with Crippen LogP contribution in [0, 0.1) is 21.4 Å². The number of halogens is 1. The third-order valence-corrected chi connectivity index (χ3v) is 3.06. The van der Waals surface area contributed by atoms with Gasteiger partial charge in [-0.1, -0.05) is 28.1 Å². The van der Waals surface area contributed by atoms with E-state index in [0.717, 1.165) is 10.0 Å². The summed E-state index contributed by atoms with van der Waals surface area (Å²) in [6, 6.07) is 13.5. The highest BCUT2D eigenvalue weighted by Crippen LogP contribution is 2.28. The molecule has 0 saturated heterocycles. The predicted octanol–water partition coefficient (Wildman–Crippen LogP) is 3.81. The lowest BCUT2D eigenvalue weighted by molar-refractivity contribution is -0.386. The molecule has 0 aliphatic carbocycles. The van der Waals surface area contributed by atoms with Gasteiger partial charge < -0.3 is 4.74 Å². The first-order chi connectivity index (χ1) is 9.60. The molecule has 0 aliphatic heterocycles. The number of nitro benzene ring substituents is 1. The van der Waals surface area contributed by atoms with Gasteiger partial charge in [-0.2, -0.15) is 5.26 Å². The number of ether oxygens (including phenoxy) is 1. The number of nitrogens with zero attached hydrogens (tertiary/aromatic N) is 2. The van der Waals surface area contributed by atoms with Crippen molar-refractivity contribution in [2.45, 2.75) is 6.61 Å². The van der Waals surface area contributed by atoms with E-state index in [1.807, 2.05) is 30.3 Å². The second-order valence-corrected chi connectivity index (χ2v) is 4.89. The topological polar surface area (TPSA) is 76.2 Å². The summed E-state index contributed by atoms with van der Waals surface area (Å²) in [5.41, 5.74) is 0.906. The Morgan fingerprint density at radius 3 is 2.75 bits per heavy atom. The number of nitro groups is 1. The average molecular weight is 333 g/mol. The number of benzene rings is 2. The van der Waals surface area contributed by atoms with E-state index < -0.39 is 4.92 Å². The molecule has 0 amide bonds. The molecular weight excluding hydrogens is 324 g/mol. The van der Waals surface area contributed by atoms with E-state index in [-0.39, 0.29) is 23.6 Å². The molecule has 0 saturated carbocycles. The second-order valence-electron chi connectivity index (χ2n) is 3.97. The van der Waals surface area contributed by atoms with Crippen molar-refractivity contribution < 1.29 is 9.66 Å². The van der Waals surface area contributed by atoms with E-state index in [1.54, 1.807) is 0 Å². The van der Waals surface area contributed by atoms with Crippen molar-refractivity contribution in [1.82, 2.24) is 0 Å². The fourth-order valence-corrected chi connectivity index (χ4v) is 2.09. The normalized spacial score (nSPS) is 9.80. The van der Waals surface area contributed by atoms with Gasteiger partial charge in [0.15, 0.2) is 5.75 Å². The maximum atomic E-state index is 11.0. The Bertz CT molecular complexity index is 695. The Kier molecular flexibility index (Phi) is 4.33. The van der Waals surface area contributed by atoms with Crippen LogP contribution in [0.3, 0.4) is 0 Å². The number of hydrogen-bond donors (Lipinski definition) is 0. The van der Waals surface area contributed by atoms with Gasteiger partial charge in [0.1, 0.15) is 6.61 Å². The van der Waals surface area contributed by atoms with Gasteiger partial charge in [-0.25, -0.2) is 0 Å². The van der Waals surface area contributed by atoms with E-state index in [1.165, 1.54) is 18.2 Å². The molecule has 2 aromatic carbocycles. The quantitative estimate of drug-likeness (QED) is 0.630. The van der Waals surface area contributed by atoms with Crippen molar-refractivity contribution in [3.63, 3.8) is 0 Å². The zero-order chi connectivity index (χ0) is 14.5. The van der Waals surface area contributed by atoms with Crippen LogP contribution in [0.2, 0.25) is 0 Å². The lowest BCUT2D eigenvalue weighted by Crippen LogP contribution is -1.99. The molecule has 0 bridgehead atoms. The molecule has 0 heterocycles. The minimum absolute atomic E-state index is 0.147. The smallest absolute Gasteiger partial charge is 0.312 e. The van der Waals surface area contributed by atoms with Crippen LogP contribution in [0.1, 0.15) is 11.1 Å². The van der Waals surface area contributed by atoms with Crippen molar-refractivity contribution >= 4 is 21.6 Å². The summed E-state index contributed by atoms with van der Waals surface area (Å²) in [5, 5.41) is 19.7. The van der Waals surface area contributed by atoms with E-state index in [0.29, 0.717) is 0 Å². The molecule has 0 aromatic heterocycles. The first-order valence-corrected chi connectivity index (χ1v) is 6.45. The van der Waals surface area contributed by atoms with E-state index in [9.17, 15) is 10.1 Å². The third kappa shape index (κ3) is 3.33. The van der Waals surface area contributed by atoms with Crippen molar-refractivity contribution in [3.8, 4) is 11.8 Å². The summed E-state index contributed by atoms with van der Waals surface area (Å²) < 4.78 is 6.38. The Morgan fingerprint density at radius 2 is 2.10 bits per heavy atom. The molecule has 6 heteroatoms. The molecule has 0 spiro atoms. The summed E-state index contributed by atoms with van der Waals surface area (Å²) in [4.78, 5) is 10.4. The monoisotopic (exact) mass is 332 g/mol. The highest BCUT2D eigenvalue weighted by Gasteiger charge is 2.16. The summed E-state index contributed by atoms with van der Waals surface area (Å²) in [5.74, 6) is 0.147. The largest absolute Gasteiger partial charge is 0.482 e. The predicted molar refractivity (Wildman–Crippen MR) is 76.3 cm³/mol. The molecule has 5 nitrogen and oxygen atoms in total. The van der Waals surface area contributed by atoms with Gasteiger partial charge in [-0.05, 0) is 29.8 Å². The Labute approximate surface area is 123 Å². The van der Waals surface area contributed by atoms with Crippen LogP contribution in [0.5, 0.6) is 5.75 Å². The summed E-state index contributed by atoms with van der Waals surface area (Å²) in [6.45, 7) is 0.214. The molecule has 100 valence electrons. The van der Waals surface area contributed by atoms with Gasteiger partial charge in [0.2, 0.25) is 0 Å². The van der Waals surface area contributed by atoms with Crippen LogP contribution in [0.4, 0.5) is 5.69 Å². The van der Waals surface area contributed by atoms with Gasteiger partial charge in [-0.15, -0.1) is 0 Å². The molecule has 2 aromatic rings. The molecule has 0 fully saturated rings. The summed E-state index contributed by atoms with van der Waals surface area (Å²) >= 11 is 3.35. The van der Waals surface area contributed by atoms with Crippen LogP contribution in [0.25, 0.3) is 0 Å². The molecule has 20 heavy (non-hydrogen) atoms. The van der Waals surface area contributed by atoms with Gasteiger partial charge in [0.25, 0.3) is 0 Å². The molecule has 0 radical (unpaired) electrons. The van der Waals surface area contributed by atoms with Crippen LogP contribution in [-0.4, -0.2) is 4.92 Å². The zero-order valence-electron chi connectivity index (χ0n) is 10.2. The third-order valence-electron chi connectivity index (χ3n) is 2.57. The SMILES string of the molecule is N#Cc1ccc(OCc2cccc(Br)c2)c([N+](=O)[O-])c1. The molecule has 2 rings (SSSR count). The molecular formula is C14H9BrN2O3. The van der Waals surface area contributed by atoms with Crippen LogP contribution in [-0.2, 0) is 6.61 Å². The van der Waals surface area contributed by atoms with Crippen LogP contribution >= 0.6 is 15.9 Å². The van der Waals surface area contributed by atoms with Gasteiger partial charge in [-0.3, -0.25) is 10.1 Å². The first-order valence-electron chi connectivity index (χ1n) is 5.66. The first kappa shape index (κ1) is 14.0. The Balaban J connectivity index is 2.21. The van der Waals surface area contributed by atoms with Crippen molar-refractivity contribution in [2.24, 2.45) is 0 Å². The zero-order valence-corrected chi connectivity index (χ0v) is 11.8. The molecule has 0 unspecified atom stereocenters. The van der Waals surface area contributed by atoms with Crippen molar-refractivity contribution in [2.75, 3.05) is 0 Å². The van der Waals surface area contributed by atoms with Crippen LogP contribution < -0.4 is 4.74 Å². The fourth-order valence-electron chi connectivity index (χ4n) is 1.64. The lowest BCUT2D eigenvalue weighted by atomic mass is 10.2. The summed E-state index contributed by atoms with van der Waals surface area (Å²) in [7, 11) is 0. The standard InChI is InChI=1S/C14H9BrN2O3/c15-12-3-1-2-11(6-12)9-20-14-5-4-10(8-16)7-13(14)17(18)19/h1-7H,9H2. The van der Waals surface area contributed by atoms with Crippen LogP contribution in [0.15, 0.2) is 46.9 Å². The van der Waals surface area contributed by atoms with E-state index in [2.05, 4.69) is 15.9 Å². The maximum Gasteiger partial charge on any atom is 0.312 e. The number of rotatable bonds is 4. The molecule has 0 N–H and O–H groups in total. The summed E-state index contributed by atoms with van der Waals surface area (Å²) in [6.07, 6.45) is 0. The second kappa shape index (κ2) is 6.17. The average Bonchev–Trinajstić information content (AvgIpc) is 2.45.